The van der Waals surface area contributed by atoms with Crippen molar-refractivity contribution in [3.63, 3.8) is 0 Å². The number of rotatable bonds is 17. The zero-order chi connectivity index (χ0) is 30.1. The van der Waals surface area contributed by atoms with E-state index < -0.39 is 36.6 Å². The third-order valence-corrected chi connectivity index (χ3v) is 5.87. The fourth-order valence-electron chi connectivity index (χ4n) is 2.95. The van der Waals surface area contributed by atoms with E-state index in [1.165, 1.54) is 18.2 Å². The molecule has 3 unspecified atom stereocenters. The Kier molecular flexibility index (Phi) is 16.1. The van der Waals surface area contributed by atoms with Crippen molar-refractivity contribution in [2.45, 2.75) is 79.4 Å². The van der Waals surface area contributed by atoms with Crippen LogP contribution in [0.15, 0.2) is 18.2 Å². The molecule has 40 heavy (non-hydrogen) atoms. The van der Waals surface area contributed by atoms with E-state index in [2.05, 4.69) is 5.32 Å². The molecule has 12 nitrogen and oxygen atoms in total. The van der Waals surface area contributed by atoms with Gasteiger partial charge in [0, 0.05) is 6.54 Å². The summed E-state index contributed by atoms with van der Waals surface area (Å²) < 4.78 is 30.8. The average molecular weight is 570 g/mol. The van der Waals surface area contributed by atoms with Gasteiger partial charge in [-0.15, -0.1) is 0 Å². The summed E-state index contributed by atoms with van der Waals surface area (Å²) in [4.78, 5) is 48.1. The van der Waals surface area contributed by atoms with Crippen molar-refractivity contribution in [2.75, 3.05) is 26.4 Å². The second kappa shape index (κ2) is 18.7. The van der Waals surface area contributed by atoms with Gasteiger partial charge in [0.1, 0.15) is 12.1 Å². The molecule has 0 aromatic heterocycles. The van der Waals surface area contributed by atoms with Crippen LogP contribution in [0.2, 0.25) is 0 Å². The largest absolute Gasteiger partial charge is 0.513 e. The molecule has 1 rings (SSSR count). The topological polar surface area (TPSA) is 156 Å². The fourth-order valence-corrected chi connectivity index (χ4v) is 2.95. The summed E-state index contributed by atoms with van der Waals surface area (Å²) in [6, 6.07) is 3.23. The van der Waals surface area contributed by atoms with E-state index in [1.807, 2.05) is 34.6 Å². The van der Waals surface area contributed by atoms with Gasteiger partial charge < -0.3 is 38.8 Å². The summed E-state index contributed by atoms with van der Waals surface area (Å²) in [7, 11) is 0. The molecule has 0 fully saturated rings. The van der Waals surface area contributed by atoms with Crippen LogP contribution < -0.4 is 14.8 Å². The van der Waals surface area contributed by atoms with Gasteiger partial charge in [-0.2, -0.15) is 0 Å². The standard InChI is InChI=1S/C28H43NO11/c1-7-12-35-26(32)38-20(6)15-29-22(25(30)31)13-21-10-11-23(39-27(33)36-16-18(4)8-2)24(14-21)40-28(34)37-17-19(5)9-3/h10-11,14,18-20,22,29H,7-9,12-13,15-17H2,1-6H3,(H,30,31)/t18?,19?,20?,22-/m0/s1. The third kappa shape index (κ3) is 14.0. The molecule has 0 radical (unpaired) electrons. The molecule has 0 saturated carbocycles. The first-order valence-electron chi connectivity index (χ1n) is 13.6. The van der Waals surface area contributed by atoms with Gasteiger partial charge >= 0.3 is 24.4 Å². The number of carbonyl (C=O) groups is 4. The fraction of sp³-hybridized carbons (Fsp3) is 0.643. The molecule has 0 bridgehead atoms. The Morgan fingerprint density at radius 1 is 0.825 bits per heavy atom. The molecular weight excluding hydrogens is 526 g/mol. The molecule has 0 heterocycles. The molecule has 4 atom stereocenters. The van der Waals surface area contributed by atoms with Crippen LogP contribution in [0.1, 0.15) is 66.4 Å². The average Bonchev–Trinajstić information content (AvgIpc) is 2.92. The lowest BCUT2D eigenvalue weighted by Crippen LogP contribution is -2.42. The Morgan fingerprint density at radius 3 is 1.93 bits per heavy atom. The maximum absolute atomic E-state index is 12.3. The molecule has 0 saturated heterocycles. The van der Waals surface area contributed by atoms with E-state index in [-0.39, 0.29) is 56.1 Å². The van der Waals surface area contributed by atoms with E-state index in [0.29, 0.717) is 12.0 Å². The molecule has 0 aliphatic rings. The Hall–Kier alpha value is -3.54. The van der Waals surface area contributed by atoms with Crippen molar-refractivity contribution < 1.29 is 52.7 Å². The second-order valence-corrected chi connectivity index (χ2v) is 9.66. The Bertz CT molecular complexity index is 952. The number of hydrogen-bond donors (Lipinski definition) is 2. The number of hydrogen-bond acceptors (Lipinski definition) is 11. The maximum Gasteiger partial charge on any atom is 0.513 e. The lowest BCUT2D eigenvalue weighted by molar-refractivity contribution is -0.139. The Morgan fingerprint density at radius 2 is 1.40 bits per heavy atom. The van der Waals surface area contributed by atoms with Crippen LogP contribution >= 0.6 is 0 Å². The van der Waals surface area contributed by atoms with E-state index in [0.717, 1.165) is 12.8 Å². The molecule has 1 aromatic carbocycles. The number of nitrogens with one attached hydrogen (secondary N) is 1. The first-order chi connectivity index (χ1) is 19.0. The molecule has 2 N–H and O–H groups in total. The quantitative estimate of drug-likeness (QED) is 0.141. The Balaban J connectivity index is 2.98. The highest BCUT2D eigenvalue weighted by Gasteiger charge is 2.23. The smallest absolute Gasteiger partial charge is 0.480 e. The minimum atomic E-state index is -1.15. The van der Waals surface area contributed by atoms with E-state index in [1.54, 1.807) is 6.92 Å². The summed E-state index contributed by atoms with van der Waals surface area (Å²) in [5, 5.41) is 12.6. The lowest BCUT2D eigenvalue weighted by Gasteiger charge is -2.19. The van der Waals surface area contributed by atoms with Crippen molar-refractivity contribution >= 4 is 24.4 Å². The highest BCUT2D eigenvalue weighted by Crippen LogP contribution is 2.30. The van der Waals surface area contributed by atoms with Crippen LogP contribution in [0.25, 0.3) is 0 Å². The van der Waals surface area contributed by atoms with Crippen molar-refractivity contribution in [2.24, 2.45) is 11.8 Å². The van der Waals surface area contributed by atoms with Crippen LogP contribution in [-0.2, 0) is 30.2 Å². The predicted molar refractivity (Wildman–Crippen MR) is 145 cm³/mol. The summed E-state index contributed by atoms with van der Waals surface area (Å²) in [5.41, 5.74) is 0.459. The minimum absolute atomic E-state index is 0.0284. The minimum Gasteiger partial charge on any atom is -0.480 e. The first-order valence-corrected chi connectivity index (χ1v) is 13.6. The van der Waals surface area contributed by atoms with Gasteiger partial charge in [-0.3, -0.25) is 4.79 Å². The van der Waals surface area contributed by atoms with Gasteiger partial charge in [0.25, 0.3) is 0 Å². The van der Waals surface area contributed by atoms with Crippen molar-refractivity contribution in [1.29, 1.82) is 0 Å². The van der Waals surface area contributed by atoms with Crippen molar-refractivity contribution in [1.82, 2.24) is 5.32 Å². The summed E-state index contributed by atoms with van der Waals surface area (Å²) in [6.45, 7) is 11.8. The number of benzene rings is 1. The predicted octanol–water partition coefficient (Wildman–Crippen LogP) is 5.35. The number of carbonyl (C=O) groups excluding carboxylic acids is 3. The molecule has 0 amide bonds. The van der Waals surface area contributed by atoms with E-state index in [4.69, 9.17) is 28.4 Å². The van der Waals surface area contributed by atoms with Gasteiger partial charge in [0.05, 0.1) is 19.8 Å². The Labute approximate surface area is 235 Å². The summed E-state index contributed by atoms with van der Waals surface area (Å²) in [5.74, 6) is -1.12. The summed E-state index contributed by atoms with van der Waals surface area (Å²) >= 11 is 0. The van der Waals surface area contributed by atoms with Crippen LogP contribution in [0, 0.1) is 11.8 Å². The van der Waals surface area contributed by atoms with Crippen LogP contribution in [-0.4, -0.2) is 68.1 Å². The zero-order valence-corrected chi connectivity index (χ0v) is 24.2. The number of ether oxygens (including phenoxy) is 6. The summed E-state index contributed by atoms with van der Waals surface area (Å²) in [6.07, 6.45) is -1.22. The SMILES string of the molecule is CCCOC(=O)OC(C)CN[C@@H](Cc1ccc(OC(=O)OCC(C)CC)c(OC(=O)OCC(C)CC)c1)C(=O)O. The molecule has 12 heteroatoms. The van der Waals surface area contributed by atoms with E-state index in [9.17, 15) is 24.3 Å². The van der Waals surface area contributed by atoms with Crippen molar-refractivity contribution in [3.8, 4) is 11.5 Å². The molecule has 226 valence electrons. The van der Waals surface area contributed by atoms with E-state index >= 15 is 0 Å². The monoisotopic (exact) mass is 569 g/mol. The highest BCUT2D eigenvalue weighted by molar-refractivity contribution is 5.74. The van der Waals surface area contributed by atoms with Gasteiger partial charge in [-0.05, 0) is 49.3 Å². The molecule has 0 aliphatic heterocycles. The highest BCUT2D eigenvalue weighted by atomic mass is 16.7. The van der Waals surface area contributed by atoms with Crippen molar-refractivity contribution in [3.05, 3.63) is 23.8 Å². The van der Waals surface area contributed by atoms with Crippen LogP contribution in [0.3, 0.4) is 0 Å². The van der Waals surface area contributed by atoms with Crippen LogP contribution in [0.4, 0.5) is 14.4 Å². The normalized spacial score (nSPS) is 13.8. The first kappa shape index (κ1) is 34.5. The molecule has 1 aromatic rings. The number of carboxylic acids is 1. The maximum atomic E-state index is 12.3. The molecular formula is C28H43NO11. The molecule has 0 spiro atoms. The molecule has 0 aliphatic carbocycles. The second-order valence-electron chi connectivity index (χ2n) is 9.66. The van der Waals surface area contributed by atoms with Gasteiger partial charge in [0.15, 0.2) is 11.5 Å². The van der Waals surface area contributed by atoms with Gasteiger partial charge in [0.2, 0.25) is 0 Å². The van der Waals surface area contributed by atoms with Crippen LogP contribution in [0.5, 0.6) is 11.5 Å². The van der Waals surface area contributed by atoms with Gasteiger partial charge in [-0.25, -0.2) is 14.4 Å². The third-order valence-electron chi connectivity index (χ3n) is 5.87. The number of carboxylic acid groups (broad SMARTS) is 1. The lowest BCUT2D eigenvalue weighted by atomic mass is 10.0. The zero-order valence-electron chi connectivity index (χ0n) is 24.2. The number of aliphatic carboxylic acids is 1. The van der Waals surface area contributed by atoms with Gasteiger partial charge in [-0.1, -0.05) is 53.5 Å².